The number of rotatable bonds is 14. The molecule has 0 bridgehead atoms. The molecule has 2 aromatic rings. The molecule has 0 aliphatic heterocycles. The first-order valence-corrected chi connectivity index (χ1v) is 15.4. The number of hydrogen-bond acceptors (Lipinski definition) is 6. The highest BCUT2D eigenvalue weighted by Gasteiger charge is 2.30. The molecule has 2 rings (SSSR count). The number of hydrogen-bond donors (Lipinski definition) is 1. The van der Waals surface area contributed by atoms with Crippen LogP contribution in [0.2, 0.25) is 0 Å². The molecule has 178 valence electrons. The predicted octanol–water partition coefficient (Wildman–Crippen LogP) is 2.46. The highest BCUT2D eigenvalue weighted by molar-refractivity contribution is 8.03. The fourth-order valence-electron chi connectivity index (χ4n) is 3.05. The van der Waals surface area contributed by atoms with Crippen molar-refractivity contribution in [1.29, 1.82) is 0 Å². The van der Waals surface area contributed by atoms with Crippen LogP contribution in [-0.4, -0.2) is 46.7 Å². The number of nitrogens with one attached hydrogen (secondary N) is 1. The van der Waals surface area contributed by atoms with Crippen molar-refractivity contribution in [2.45, 2.75) is 38.8 Å². The lowest BCUT2D eigenvalue weighted by molar-refractivity contribution is 0.496. The molecule has 0 unspecified atom stereocenters. The van der Waals surface area contributed by atoms with Crippen molar-refractivity contribution in [3.05, 3.63) is 71.8 Å². The van der Waals surface area contributed by atoms with Crippen LogP contribution in [0.4, 0.5) is 0 Å². The van der Waals surface area contributed by atoms with E-state index in [4.69, 9.17) is 0 Å². The summed E-state index contributed by atoms with van der Waals surface area (Å²) >= 11 is 0. The smallest absolute Gasteiger partial charge is 0.212 e. The molecule has 0 atom stereocenters. The second kappa shape index (κ2) is 11.9. The van der Waals surface area contributed by atoms with Crippen molar-refractivity contribution in [1.82, 2.24) is 8.43 Å². The van der Waals surface area contributed by atoms with E-state index in [0.717, 1.165) is 11.8 Å². The van der Waals surface area contributed by atoms with Crippen LogP contribution in [0.15, 0.2) is 60.7 Å². The van der Waals surface area contributed by atoms with Gasteiger partial charge in [-0.3, -0.25) is 0 Å². The molecular weight excluding hydrogens is 472 g/mol. The molecule has 32 heavy (non-hydrogen) atoms. The highest BCUT2D eigenvalue weighted by Crippen LogP contribution is 2.16. The van der Waals surface area contributed by atoms with Crippen LogP contribution in [-0.2, 0) is 43.2 Å². The second-order valence-electron chi connectivity index (χ2n) is 7.54. The Bertz CT molecular complexity index is 1150. The van der Waals surface area contributed by atoms with Gasteiger partial charge in [0.1, 0.15) is 0 Å². The molecule has 0 fully saturated rings. The van der Waals surface area contributed by atoms with Crippen molar-refractivity contribution in [2.24, 2.45) is 0 Å². The summed E-state index contributed by atoms with van der Waals surface area (Å²) in [5, 5.41) is 0. The summed E-state index contributed by atoms with van der Waals surface area (Å²) in [5.41, 5.74) is 1.45. The topological polar surface area (TPSA) is 118 Å². The van der Waals surface area contributed by atoms with Crippen molar-refractivity contribution in [2.75, 3.05) is 17.8 Å². The number of sulfonamides is 3. The van der Waals surface area contributed by atoms with Gasteiger partial charge in [0.2, 0.25) is 30.1 Å². The fraction of sp³-hybridized carbons (Fsp3) is 0.429. The van der Waals surface area contributed by atoms with E-state index in [1.165, 1.54) is 0 Å². The summed E-state index contributed by atoms with van der Waals surface area (Å²) < 4.78 is 76.7. The Balaban J connectivity index is 1.77. The van der Waals surface area contributed by atoms with Gasteiger partial charge in [-0.1, -0.05) is 77.2 Å². The summed E-state index contributed by atoms with van der Waals surface area (Å²) in [5.74, 6) is -0.359. The minimum Gasteiger partial charge on any atom is -0.212 e. The number of nitrogens with zero attached hydrogens (tertiary/aromatic N) is 1. The molecule has 0 saturated carbocycles. The van der Waals surface area contributed by atoms with E-state index in [1.54, 1.807) is 30.3 Å². The van der Waals surface area contributed by atoms with Crippen molar-refractivity contribution < 1.29 is 25.3 Å². The van der Waals surface area contributed by atoms with E-state index in [1.807, 2.05) is 30.3 Å². The predicted molar refractivity (Wildman–Crippen MR) is 126 cm³/mol. The van der Waals surface area contributed by atoms with Gasteiger partial charge < -0.3 is 0 Å². The Morgan fingerprint density at radius 2 is 1.19 bits per heavy atom. The minimum absolute atomic E-state index is 0.0456. The Morgan fingerprint density at radius 3 is 1.72 bits per heavy atom. The van der Waals surface area contributed by atoms with Crippen LogP contribution in [0.5, 0.6) is 0 Å². The highest BCUT2D eigenvalue weighted by atomic mass is 32.3. The van der Waals surface area contributed by atoms with Crippen LogP contribution in [0.3, 0.4) is 0 Å². The average Bonchev–Trinajstić information content (AvgIpc) is 2.74. The quantitative estimate of drug-likeness (QED) is 0.397. The molecule has 0 amide bonds. The maximum absolute atomic E-state index is 12.6. The third-order valence-electron chi connectivity index (χ3n) is 4.74. The summed E-state index contributed by atoms with van der Waals surface area (Å²) in [6.45, 7) is -0.0164. The molecule has 0 spiro atoms. The van der Waals surface area contributed by atoms with Crippen LogP contribution in [0, 0.1) is 0 Å². The average molecular weight is 503 g/mol. The van der Waals surface area contributed by atoms with E-state index in [2.05, 4.69) is 4.72 Å². The maximum atomic E-state index is 12.6. The molecule has 8 nitrogen and oxygen atoms in total. The first kappa shape index (κ1) is 26.5. The van der Waals surface area contributed by atoms with Crippen molar-refractivity contribution in [3.8, 4) is 0 Å². The van der Waals surface area contributed by atoms with Gasteiger partial charge in [-0.05, 0) is 24.0 Å². The van der Waals surface area contributed by atoms with Gasteiger partial charge in [0, 0.05) is 6.54 Å². The van der Waals surface area contributed by atoms with E-state index in [9.17, 15) is 25.3 Å². The van der Waals surface area contributed by atoms with Crippen LogP contribution < -0.4 is 4.72 Å². The number of benzene rings is 2. The molecule has 0 heterocycles. The van der Waals surface area contributed by atoms with Gasteiger partial charge in [0.15, 0.2) is 0 Å². The zero-order chi connectivity index (χ0) is 23.7. The fourth-order valence-corrected chi connectivity index (χ4v) is 7.54. The van der Waals surface area contributed by atoms with E-state index in [-0.39, 0.29) is 31.0 Å². The Morgan fingerprint density at radius 1 is 0.688 bits per heavy atom. The molecule has 0 radical (unpaired) electrons. The first-order valence-electron chi connectivity index (χ1n) is 10.3. The Hall–Kier alpha value is -1.79. The molecule has 0 saturated heterocycles. The summed E-state index contributed by atoms with van der Waals surface area (Å²) in [6, 6.07) is 17.7. The third kappa shape index (κ3) is 9.37. The first-order chi connectivity index (χ1) is 15.0. The standard InChI is InChI=1S/C21H30N2O6S3/c1-30(24,25)23(19-21-14-8-5-9-15-21)32(28,29)17-11-3-2-10-16-31(26,27)22-18-20-12-6-4-7-13-20/h4-9,12-15,22H,2-3,10-11,16-19H2,1H3. The van der Waals surface area contributed by atoms with Gasteiger partial charge in [0.05, 0.1) is 24.3 Å². The second-order valence-corrected chi connectivity index (χ2v) is 13.6. The van der Waals surface area contributed by atoms with E-state index in [0.29, 0.717) is 28.5 Å². The third-order valence-corrected chi connectivity index (χ3v) is 10.1. The van der Waals surface area contributed by atoms with Gasteiger partial charge in [-0.2, -0.15) is 0 Å². The van der Waals surface area contributed by atoms with Crippen LogP contribution >= 0.6 is 0 Å². The number of unbranched alkanes of at least 4 members (excludes halogenated alkanes) is 3. The molecule has 0 aliphatic rings. The van der Waals surface area contributed by atoms with Crippen molar-refractivity contribution in [3.63, 3.8) is 0 Å². The maximum Gasteiger partial charge on any atom is 0.227 e. The molecule has 0 aliphatic carbocycles. The molecular formula is C21H30N2O6S3. The van der Waals surface area contributed by atoms with Crippen molar-refractivity contribution >= 4 is 30.1 Å². The van der Waals surface area contributed by atoms with E-state index >= 15 is 0 Å². The summed E-state index contributed by atoms with van der Waals surface area (Å²) in [4.78, 5) is 0. The molecule has 2 aromatic carbocycles. The Labute approximate surface area is 191 Å². The zero-order valence-corrected chi connectivity index (χ0v) is 20.5. The Kier molecular flexibility index (Phi) is 9.83. The van der Waals surface area contributed by atoms with Gasteiger partial charge in [-0.15, -0.1) is 0 Å². The molecule has 1 N–H and O–H groups in total. The molecule has 11 heteroatoms. The largest absolute Gasteiger partial charge is 0.227 e. The summed E-state index contributed by atoms with van der Waals surface area (Å²) in [7, 11) is -11.4. The lowest BCUT2D eigenvalue weighted by Crippen LogP contribution is -2.37. The minimum atomic E-state index is -4.02. The van der Waals surface area contributed by atoms with Crippen LogP contribution in [0.25, 0.3) is 0 Å². The van der Waals surface area contributed by atoms with E-state index < -0.39 is 30.1 Å². The molecule has 0 aromatic heterocycles. The normalized spacial score (nSPS) is 12.8. The zero-order valence-electron chi connectivity index (χ0n) is 18.1. The van der Waals surface area contributed by atoms with Gasteiger partial charge >= 0.3 is 0 Å². The summed E-state index contributed by atoms with van der Waals surface area (Å²) in [6.07, 6.45) is 2.53. The van der Waals surface area contributed by atoms with Crippen LogP contribution in [0.1, 0.15) is 36.8 Å². The van der Waals surface area contributed by atoms with Gasteiger partial charge in [-0.25, -0.2) is 30.0 Å². The SMILES string of the molecule is CS(=O)(=O)N(Cc1ccccc1)S(=O)(=O)CCCCCCS(=O)(=O)NCc1ccccc1. The van der Waals surface area contributed by atoms with Gasteiger partial charge in [0.25, 0.3) is 0 Å². The monoisotopic (exact) mass is 502 g/mol. The lowest BCUT2D eigenvalue weighted by Gasteiger charge is -2.20. The lowest BCUT2D eigenvalue weighted by atomic mass is 10.2.